The third kappa shape index (κ3) is 5.56. The summed E-state index contributed by atoms with van der Waals surface area (Å²) in [6.45, 7) is 4.08. The fraction of sp³-hybridized carbons (Fsp3) is 0.600. The van der Waals surface area contributed by atoms with Crippen LogP contribution in [0, 0.1) is 6.92 Å². The molecule has 1 saturated carbocycles. The lowest BCUT2D eigenvalue weighted by molar-refractivity contribution is -0.137. The molecule has 1 aliphatic carbocycles. The van der Waals surface area contributed by atoms with Crippen molar-refractivity contribution in [1.29, 1.82) is 0 Å². The molecule has 0 aliphatic heterocycles. The van der Waals surface area contributed by atoms with E-state index in [2.05, 4.69) is 5.32 Å². The molecule has 0 radical (unpaired) electrons. The number of likely N-dealkylation sites (N-methyl/N-ethyl adjacent to an activating group) is 2. The molecule has 1 unspecified atom stereocenters. The van der Waals surface area contributed by atoms with E-state index in [4.69, 9.17) is 0 Å². The van der Waals surface area contributed by atoms with Crippen molar-refractivity contribution < 1.29 is 9.59 Å². The van der Waals surface area contributed by atoms with E-state index in [-0.39, 0.29) is 24.4 Å². The maximum Gasteiger partial charge on any atom is 0.239 e. The second-order valence-corrected chi connectivity index (χ2v) is 7.25. The molecule has 1 atom stereocenters. The Morgan fingerprint density at radius 2 is 1.72 bits per heavy atom. The summed E-state index contributed by atoms with van der Waals surface area (Å²) in [5.41, 5.74) is 1.93. The highest BCUT2D eigenvalue weighted by atomic mass is 16.2. The van der Waals surface area contributed by atoms with Crippen LogP contribution in [0.25, 0.3) is 0 Å². The van der Waals surface area contributed by atoms with Crippen LogP contribution < -0.4 is 5.32 Å². The Balaban J connectivity index is 1.85. The average Bonchev–Trinajstić information content (AvgIpc) is 2.62. The molecular weight excluding hydrogens is 314 g/mol. The minimum absolute atomic E-state index is 0.0949. The van der Waals surface area contributed by atoms with Crippen molar-refractivity contribution in [2.75, 3.05) is 26.0 Å². The van der Waals surface area contributed by atoms with Crippen LogP contribution in [0.5, 0.6) is 0 Å². The molecule has 1 N–H and O–H groups in total. The molecule has 25 heavy (non-hydrogen) atoms. The van der Waals surface area contributed by atoms with Crippen molar-refractivity contribution in [2.45, 2.75) is 58.0 Å². The lowest BCUT2D eigenvalue weighted by Crippen LogP contribution is -2.49. The third-order valence-corrected chi connectivity index (χ3v) is 5.22. The lowest BCUT2D eigenvalue weighted by Gasteiger charge is -2.35. The summed E-state index contributed by atoms with van der Waals surface area (Å²) < 4.78 is 0. The minimum Gasteiger partial charge on any atom is -0.341 e. The average molecular weight is 345 g/mol. The number of rotatable bonds is 6. The predicted molar refractivity (Wildman–Crippen MR) is 102 cm³/mol. The third-order valence-electron chi connectivity index (χ3n) is 5.22. The van der Waals surface area contributed by atoms with E-state index in [0.717, 1.165) is 24.1 Å². The van der Waals surface area contributed by atoms with Gasteiger partial charge in [-0.1, -0.05) is 37.0 Å². The molecule has 0 heterocycles. The van der Waals surface area contributed by atoms with E-state index in [0.29, 0.717) is 6.04 Å². The number of hydrogen-bond donors (Lipinski definition) is 1. The summed E-state index contributed by atoms with van der Waals surface area (Å²) in [5.74, 6) is -0.0103. The monoisotopic (exact) mass is 345 g/mol. The van der Waals surface area contributed by atoms with Gasteiger partial charge >= 0.3 is 0 Å². The first-order chi connectivity index (χ1) is 11.9. The summed E-state index contributed by atoms with van der Waals surface area (Å²) in [6, 6.07) is 7.74. The van der Waals surface area contributed by atoms with Gasteiger partial charge in [0.2, 0.25) is 11.8 Å². The smallest absolute Gasteiger partial charge is 0.239 e. The summed E-state index contributed by atoms with van der Waals surface area (Å²) in [7, 11) is 3.72. The highest BCUT2D eigenvalue weighted by Crippen LogP contribution is 2.22. The van der Waals surface area contributed by atoms with Crippen LogP contribution in [-0.2, 0) is 9.59 Å². The Labute approximate surface area is 151 Å². The maximum absolute atomic E-state index is 12.7. The van der Waals surface area contributed by atoms with Gasteiger partial charge in [0.1, 0.15) is 0 Å². The van der Waals surface area contributed by atoms with Gasteiger partial charge in [0.25, 0.3) is 0 Å². The van der Waals surface area contributed by atoms with Crippen LogP contribution in [0.4, 0.5) is 5.69 Å². The van der Waals surface area contributed by atoms with Crippen molar-refractivity contribution in [1.82, 2.24) is 9.80 Å². The molecule has 0 aromatic heterocycles. The number of carbonyl (C=O) groups is 2. The molecule has 0 saturated heterocycles. The van der Waals surface area contributed by atoms with E-state index in [1.165, 1.54) is 19.3 Å². The standard InChI is InChI=1S/C20H31N3O2/c1-15-10-12-17(13-11-15)21-19(24)14-22(3)16(2)20(25)23(4)18-8-6-5-7-9-18/h10-13,16,18H,5-9,14H2,1-4H3,(H,21,24). The molecular formula is C20H31N3O2. The van der Waals surface area contributed by atoms with E-state index in [9.17, 15) is 9.59 Å². The molecule has 0 bridgehead atoms. The predicted octanol–water partition coefficient (Wildman–Crippen LogP) is 3.04. The molecule has 2 amide bonds. The second kappa shape index (κ2) is 8.99. The van der Waals surface area contributed by atoms with E-state index >= 15 is 0 Å². The first kappa shape index (κ1) is 19.4. The molecule has 2 rings (SSSR count). The van der Waals surface area contributed by atoms with E-state index in [1.54, 1.807) is 0 Å². The molecule has 1 aromatic rings. The molecule has 1 fully saturated rings. The van der Waals surface area contributed by atoms with Crippen LogP contribution in [0.15, 0.2) is 24.3 Å². The lowest BCUT2D eigenvalue weighted by atomic mass is 9.94. The first-order valence-electron chi connectivity index (χ1n) is 9.22. The van der Waals surface area contributed by atoms with Crippen LogP contribution in [0.1, 0.15) is 44.6 Å². The normalized spacial score (nSPS) is 16.5. The summed E-state index contributed by atoms with van der Waals surface area (Å²) in [4.78, 5) is 28.6. The zero-order valence-corrected chi connectivity index (χ0v) is 15.9. The van der Waals surface area contributed by atoms with Gasteiger partial charge in [-0.25, -0.2) is 0 Å². The van der Waals surface area contributed by atoms with Crippen LogP contribution in [-0.4, -0.2) is 54.3 Å². The number of nitrogens with zero attached hydrogens (tertiary/aromatic N) is 2. The van der Waals surface area contributed by atoms with Gasteiger partial charge in [-0.05, 0) is 45.9 Å². The number of aryl methyl sites for hydroxylation is 1. The van der Waals surface area contributed by atoms with E-state index < -0.39 is 0 Å². The molecule has 1 aromatic carbocycles. The van der Waals surface area contributed by atoms with Gasteiger partial charge in [0.15, 0.2) is 0 Å². The van der Waals surface area contributed by atoms with E-state index in [1.807, 2.05) is 62.0 Å². The van der Waals surface area contributed by atoms with Gasteiger partial charge in [-0.2, -0.15) is 0 Å². The minimum atomic E-state index is -0.310. The van der Waals surface area contributed by atoms with Gasteiger partial charge in [-0.15, -0.1) is 0 Å². The van der Waals surface area contributed by atoms with Crippen molar-refractivity contribution in [3.8, 4) is 0 Å². The van der Waals surface area contributed by atoms with Crippen LogP contribution >= 0.6 is 0 Å². The van der Waals surface area contributed by atoms with Crippen LogP contribution in [0.2, 0.25) is 0 Å². The molecule has 5 heteroatoms. The van der Waals surface area contributed by atoms with Crippen molar-refractivity contribution in [2.24, 2.45) is 0 Å². The quantitative estimate of drug-likeness (QED) is 0.862. The summed E-state index contributed by atoms with van der Waals surface area (Å²) in [6.07, 6.45) is 5.85. The van der Waals surface area contributed by atoms with Crippen molar-refractivity contribution in [3.05, 3.63) is 29.8 Å². The van der Waals surface area contributed by atoms with Gasteiger partial charge in [0, 0.05) is 18.8 Å². The Morgan fingerprint density at radius 1 is 1.12 bits per heavy atom. The Bertz CT molecular complexity index is 579. The first-order valence-corrected chi connectivity index (χ1v) is 9.22. The SMILES string of the molecule is Cc1ccc(NC(=O)CN(C)C(C)C(=O)N(C)C2CCCCC2)cc1. The molecule has 5 nitrogen and oxygen atoms in total. The number of anilines is 1. The molecule has 1 aliphatic rings. The Morgan fingerprint density at radius 3 is 2.32 bits per heavy atom. The van der Waals surface area contributed by atoms with Gasteiger partial charge in [-0.3, -0.25) is 14.5 Å². The van der Waals surface area contributed by atoms with Crippen molar-refractivity contribution in [3.63, 3.8) is 0 Å². The van der Waals surface area contributed by atoms with Crippen molar-refractivity contribution >= 4 is 17.5 Å². The zero-order chi connectivity index (χ0) is 18.4. The van der Waals surface area contributed by atoms with Gasteiger partial charge in [0.05, 0.1) is 12.6 Å². The van der Waals surface area contributed by atoms with Crippen LogP contribution in [0.3, 0.4) is 0 Å². The molecule has 138 valence electrons. The number of benzene rings is 1. The maximum atomic E-state index is 12.7. The topological polar surface area (TPSA) is 52.7 Å². The molecule has 0 spiro atoms. The Kier molecular flexibility index (Phi) is 7.00. The van der Waals surface area contributed by atoms with Gasteiger partial charge < -0.3 is 10.2 Å². The Hall–Kier alpha value is -1.88. The number of nitrogens with one attached hydrogen (secondary N) is 1. The number of hydrogen-bond acceptors (Lipinski definition) is 3. The number of carbonyl (C=O) groups excluding carboxylic acids is 2. The zero-order valence-electron chi connectivity index (χ0n) is 15.9. The largest absolute Gasteiger partial charge is 0.341 e. The fourth-order valence-corrected chi connectivity index (χ4v) is 3.33. The highest BCUT2D eigenvalue weighted by molar-refractivity contribution is 5.92. The highest BCUT2D eigenvalue weighted by Gasteiger charge is 2.28. The fourth-order valence-electron chi connectivity index (χ4n) is 3.33. The summed E-state index contributed by atoms with van der Waals surface area (Å²) in [5, 5.41) is 2.88. The number of amides is 2. The second-order valence-electron chi connectivity index (χ2n) is 7.25. The summed E-state index contributed by atoms with van der Waals surface area (Å²) >= 11 is 0.